The lowest BCUT2D eigenvalue weighted by atomic mass is 10.1. The summed E-state index contributed by atoms with van der Waals surface area (Å²) in [6.45, 7) is 0. The highest BCUT2D eigenvalue weighted by Gasteiger charge is 2.19. The Morgan fingerprint density at radius 3 is 1.45 bits per heavy atom. The Kier molecular flexibility index (Phi) is 4.26. The molecule has 0 amide bonds. The van der Waals surface area contributed by atoms with Gasteiger partial charge < -0.3 is 13.7 Å². The maximum Gasteiger partial charge on any atom is 0.0562 e. The Morgan fingerprint density at radius 1 is 0.325 bits per heavy atom. The predicted molar refractivity (Wildman–Crippen MR) is 169 cm³/mol. The topological polar surface area (TPSA) is 14.8 Å². The fraction of sp³-hybridized carbons (Fsp3) is 0.0270. The molecule has 40 heavy (non-hydrogen) atoms. The SMILES string of the molecule is Cn1c2ccccc2c2cc(-n3c4ccccc4c4cc5c6ccccc6n(-c6ccccc6)c5cc43)ccc21. The van der Waals surface area contributed by atoms with Crippen molar-refractivity contribution < 1.29 is 0 Å². The third-order valence-electron chi connectivity index (χ3n) is 8.64. The number of aromatic nitrogens is 3. The zero-order valence-corrected chi connectivity index (χ0v) is 22.0. The molecule has 3 heterocycles. The summed E-state index contributed by atoms with van der Waals surface area (Å²) in [5.41, 5.74) is 9.74. The minimum atomic E-state index is 1.17. The van der Waals surface area contributed by atoms with Crippen molar-refractivity contribution >= 4 is 65.4 Å². The van der Waals surface area contributed by atoms with Gasteiger partial charge in [-0.1, -0.05) is 72.8 Å². The van der Waals surface area contributed by atoms with Crippen LogP contribution in [0.1, 0.15) is 0 Å². The van der Waals surface area contributed by atoms with Gasteiger partial charge in [-0.15, -0.1) is 0 Å². The molecule has 0 aliphatic heterocycles. The van der Waals surface area contributed by atoms with Gasteiger partial charge in [-0.3, -0.25) is 0 Å². The first-order chi connectivity index (χ1) is 19.8. The Bertz CT molecular complexity index is 2430. The van der Waals surface area contributed by atoms with Crippen LogP contribution in [-0.2, 0) is 7.05 Å². The number of para-hydroxylation sites is 4. The number of benzene rings is 6. The average molecular weight is 512 g/mol. The molecule has 0 fully saturated rings. The van der Waals surface area contributed by atoms with Crippen molar-refractivity contribution in [2.45, 2.75) is 0 Å². The summed E-state index contributed by atoms with van der Waals surface area (Å²) in [4.78, 5) is 0. The van der Waals surface area contributed by atoms with Crippen LogP contribution in [0.15, 0.2) is 133 Å². The van der Waals surface area contributed by atoms with Crippen LogP contribution in [0, 0.1) is 0 Å². The summed E-state index contributed by atoms with van der Waals surface area (Å²) in [5.74, 6) is 0. The lowest BCUT2D eigenvalue weighted by molar-refractivity contribution is 1.01. The molecule has 0 aliphatic rings. The van der Waals surface area contributed by atoms with Gasteiger partial charge in [-0.05, 0) is 60.7 Å². The van der Waals surface area contributed by atoms with Crippen LogP contribution in [0.25, 0.3) is 76.8 Å². The quantitative estimate of drug-likeness (QED) is 0.219. The molecule has 0 atom stereocenters. The van der Waals surface area contributed by atoms with Crippen LogP contribution in [0.3, 0.4) is 0 Å². The van der Waals surface area contributed by atoms with Gasteiger partial charge in [0.25, 0.3) is 0 Å². The van der Waals surface area contributed by atoms with Crippen molar-refractivity contribution in [3.8, 4) is 11.4 Å². The summed E-state index contributed by atoms with van der Waals surface area (Å²) < 4.78 is 7.14. The molecule has 3 aromatic heterocycles. The largest absolute Gasteiger partial charge is 0.344 e. The number of fused-ring (bicyclic) bond motifs is 9. The Balaban J connectivity index is 1.44. The molecule has 188 valence electrons. The molecule has 0 unspecified atom stereocenters. The van der Waals surface area contributed by atoms with Crippen LogP contribution >= 0.6 is 0 Å². The minimum absolute atomic E-state index is 1.17. The van der Waals surface area contributed by atoms with Gasteiger partial charge in [-0.2, -0.15) is 0 Å². The summed E-state index contributed by atoms with van der Waals surface area (Å²) in [6.07, 6.45) is 0. The highest BCUT2D eigenvalue weighted by Crippen LogP contribution is 2.40. The maximum absolute atomic E-state index is 2.44. The summed E-state index contributed by atoms with van der Waals surface area (Å²) in [5, 5.41) is 7.66. The van der Waals surface area contributed by atoms with Crippen LogP contribution in [0.4, 0.5) is 0 Å². The van der Waals surface area contributed by atoms with Crippen LogP contribution in [0.5, 0.6) is 0 Å². The van der Waals surface area contributed by atoms with Crippen molar-refractivity contribution in [1.29, 1.82) is 0 Å². The third-order valence-corrected chi connectivity index (χ3v) is 8.64. The average Bonchev–Trinajstić information content (AvgIpc) is 3.62. The van der Waals surface area contributed by atoms with E-state index in [0.717, 1.165) is 0 Å². The van der Waals surface area contributed by atoms with E-state index in [1.165, 1.54) is 76.8 Å². The Morgan fingerprint density at radius 2 is 0.800 bits per heavy atom. The van der Waals surface area contributed by atoms with Gasteiger partial charge in [0, 0.05) is 61.8 Å². The zero-order chi connectivity index (χ0) is 26.4. The van der Waals surface area contributed by atoms with E-state index in [0.29, 0.717) is 0 Å². The Hall–Kier alpha value is -5.28. The number of rotatable bonds is 2. The third kappa shape index (κ3) is 2.79. The molecule has 9 aromatic rings. The second-order valence-corrected chi connectivity index (χ2v) is 10.7. The first kappa shape index (κ1) is 21.6. The Labute approximate surface area is 230 Å². The van der Waals surface area contributed by atoms with Crippen molar-refractivity contribution in [2.75, 3.05) is 0 Å². The van der Waals surface area contributed by atoms with Gasteiger partial charge in [0.1, 0.15) is 0 Å². The molecule has 0 radical (unpaired) electrons. The van der Waals surface area contributed by atoms with Gasteiger partial charge in [0.05, 0.1) is 22.1 Å². The second-order valence-electron chi connectivity index (χ2n) is 10.7. The minimum Gasteiger partial charge on any atom is -0.344 e. The molecular formula is C37H25N3. The van der Waals surface area contributed by atoms with Gasteiger partial charge >= 0.3 is 0 Å². The van der Waals surface area contributed by atoms with E-state index in [9.17, 15) is 0 Å². The van der Waals surface area contributed by atoms with E-state index in [1.54, 1.807) is 0 Å². The van der Waals surface area contributed by atoms with Gasteiger partial charge in [0.15, 0.2) is 0 Å². The predicted octanol–water partition coefficient (Wildman–Crippen LogP) is 9.53. The number of aryl methyl sites for hydroxylation is 1. The molecule has 0 saturated carbocycles. The smallest absolute Gasteiger partial charge is 0.0562 e. The van der Waals surface area contributed by atoms with E-state index >= 15 is 0 Å². The van der Waals surface area contributed by atoms with E-state index in [2.05, 4.69) is 154 Å². The van der Waals surface area contributed by atoms with Crippen LogP contribution in [0.2, 0.25) is 0 Å². The normalized spacial score (nSPS) is 12.1. The molecule has 0 saturated heterocycles. The molecule has 0 bridgehead atoms. The first-order valence-electron chi connectivity index (χ1n) is 13.8. The highest BCUT2D eigenvalue weighted by molar-refractivity contribution is 6.19. The fourth-order valence-corrected chi connectivity index (χ4v) is 6.86. The zero-order valence-electron chi connectivity index (χ0n) is 22.0. The van der Waals surface area contributed by atoms with E-state index in [4.69, 9.17) is 0 Å². The van der Waals surface area contributed by atoms with Crippen molar-refractivity contribution in [3.05, 3.63) is 133 Å². The number of nitrogens with zero attached hydrogens (tertiary/aromatic N) is 3. The van der Waals surface area contributed by atoms with E-state index in [1.807, 2.05) is 0 Å². The maximum atomic E-state index is 2.44. The number of hydrogen-bond acceptors (Lipinski definition) is 0. The van der Waals surface area contributed by atoms with Crippen molar-refractivity contribution in [1.82, 2.24) is 13.7 Å². The van der Waals surface area contributed by atoms with E-state index in [-0.39, 0.29) is 0 Å². The molecule has 3 nitrogen and oxygen atoms in total. The molecule has 9 rings (SSSR count). The summed E-state index contributed by atoms with van der Waals surface area (Å²) in [7, 11) is 2.16. The molecule has 3 heteroatoms. The first-order valence-corrected chi connectivity index (χ1v) is 13.8. The molecule has 6 aromatic carbocycles. The molecule has 0 spiro atoms. The highest BCUT2D eigenvalue weighted by atomic mass is 15.0. The van der Waals surface area contributed by atoms with Crippen molar-refractivity contribution in [3.63, 3.8) is 0 Å². The number of hydrogen-bond donors (Lipinski definition) is 0. The summed E-state index contributed by atoms with van der Waals surface area (Å²) >= 11 is 0. The summed E-state index contributed by atoms with van der Waals surface area (Å²) in [6, 6.07) is 48.6. The lowest BCUT2D eigenvalue weighted by Crippen LogP contribution is -1.96. The van der Waals surface area contributed by atoms with E-state index < -0.39 is 0 Å². The van der Waals surface area contributed by atoms with Gasteiger partial charge in [-0.25, -0.2) is 0 Å². The standard InChI is InChI=1S/C37H25N3/c1-38-32-16-8-5-13-26(32)29-21-25(19-20-33(29)38)40-35-18-10-7-15-28(35)31-22-30-27-14-6-9-17-34(27)39(36(30)23-37(31)40)24-11-3-2-4-12-24/h2-23H,1H3. The van der Waals surface area contributed by atoms with Crippen LogP contribution < -0.4 is 0 Å². The molecular weight excluding hydrogens is 486 g/mol. The monoisotopic (exact) mass is 511 g/mol. The second kappa shape index (κ2) is 7.87. The fourth-order valence-electron chi connectivity index (χ4n) is 6.86. The lowest BCUT2D eigenvalue weighted by Gasteiger charge is -2.10. The van der Waals surface area contributed by atoms with Crippen molar-refractivity contribution in [2.24, 2.45) is 7.05 Å². The van der Waals surface area contributed by atoms with Gasteiger partial charge in [0.2, 0.25) is 0 Å². The molecule has 0 aliphatic carbocycles. The molecule has 0 N–H and O–H groups in total. The van der Waals surface area contributed by atoms with Crippen LogP contribution in [-0.4, -0.2) is 13.7 Å².